The van der Waals surface area contributed by atoms with Crippen LogP contribution in [0.25, 0.3) is 11.1 Å². The molecule has 0 atom stereocenters. The highest BCUT2D eigenvalue weighted by atomic mass is 16.5. The van der Waals surface area contributed by atoms with E-state index in [1.165, 1.54) is 0 Å². The van der Waals surface area contributed by atoms with Gasteiger partial charge in [0, 0.05) is 25.1 Å². The van der Waals surface area contributed by atoms with Crippen molar-refractivity contribution >= 4 is 11.8 Å². The van der Waals surface area contributed by atoms with Crippen LogP contribution < -0.4 is 15.4 Å². The number of hydrogen-bond acceptors (Lipinski definition) is 3. The number of rotatable bonds is 14. The van der Waals surface area contributed by atoms with Crippen molar-refractivity contribution in [2.75, 3.05) is 13.2 Å². The number of benzene rings is 4. The zero-order chi connectivity index (χ0) is 28.0. The van der Waals surface area contributed by atoms with Crippen LogP contribution in [0.5, 0.6) is 5.75 Å². The second-order valence-electron chi connectivity index (χ2n) is 9.81. The van der Waals surface area contributed by atoms with Gasteiger partial charge in [0.05, 0.1) is 6.61 Å². The maximum absolute atomic E-state index is 12.8. The molecule has 0 aliphatic heterocycles. The fourth-order valence-corrected chi connectivity index (χ4v) is 4.61. The maximum Gasteiger partial charge on any atom is 0.251 e. The third-order valence-corrected chi connectivity index (χ3v) is 6.82. The summed E-state index contributed by atoms with van der Waals surface area (Å²) in [6.45, 7) is 3.82. The quantitative estimate of drug-likeness (QED) is 0.176. The molecule has 206 valence electrons. The smallest absolute Gasteiger partial charge is 0.251 e. The lowest BCUT2D eigenvalue weighted by atomic mass is 9.92. The molecule has 0 saturated carbocycles. The molecule has 0 aromatic heterocycles. The molecule has 0 saturated heterocycles. The van der Waals surface area contributed by atoms with Gasteiger partial charge in [-0.1, -0.05) is 98.3 Å². The van der Waals surface area contributed by atoms with Crippen molar-refractivity contribution in [3.8, 4) is 16.9 Å². The van der Waals surface area contributed by atoms with E-state index in [4.69, 9.17) is 4.74 Å². The summed E-state index contributed by atoms with van der Waals surface area (Å²) in [6, 6.07) is 33.8. The average molecular weight is 535 g/mol. The standard InChI is InChI=1S/C35H38N2O3/c1-2-3-24-40-31-17-11-16-30(25-31)35(39)36-23-22-29-15-8-10-19-33(29)32-18-9-7-14-28(32)20-21-34(38)37-26-27-12-5-4-6-13-27/h4-19,25H,2-3,20-24,26H2,1H3,(H,36,39)(H,37,38). The number of carbonyl (C=O) groups excluding carboxylic acids is 2. The summed E-state index contributed by atoms with van der Waals surface area (Å²) in [4.78, 5) is 25.4. The molecule has 4 aromatic carbocycles. The first-order valence-electron chi connectivity index (χ1n) is 14.1. The Morgan fingerprint density at radius 2 is 1.40 bits per heavy atom. The Kier molecular flexibility index (Phi) is 10.9. The van der Waals surface area contributed by atoms with Gasteiger partial charge in [-0.15, -0.1) is 0 Å². The molecule has 0 spiro atoms. The van der Waals surface area contributed by atoms with Crippen LogP contribution >= 0.6 is 0 Å². The maximum atomic E-state index is 12.8. The van der Waals surface area contributed by atoms with E-state index in [1.807, 2.05) is 72.8 Å². The molecule has 0 fully saturated rings. The number of nitrogens with one attached hydrogen (secondary N) is 2. The largest absolute Gasteiger partial charge is 0.494 e. The van der Waals surface area contributed by atoms with Gasteiger partial charge in [-0.3, -0.25) is 9.59 Å². The van der Waals surface area contributed by atoms with E-state index in [2.05, 4.69) is 41.8 Å². The summed E-state index contributed by atoms with van der Waals surface area (Å²) in [5.41, 5.74) is 6.22. The fraction of sp³-hybridized carbons (Fsp3) is 0.257. The van der Waals surface area contributed by atoms with Crippen molar-refractivity contribution in [3.05, 3.63) is 125 Å². The summed E-state index contributed by atoms with van der Waals surface area (Å²) in [5.74, 6) is 0.645. The minimum Gasteiger partial charge on any atom is -0.494 e. The van der Waals surface area contributed by atoms with E-state index >= 15 is 0 Å². The Labute approximate surface area is 237 Å². The van der Waals surface area contributed by atoms with Crippen LogP contribution in [0, 0.1) is 0 Å². The van der Waals surface area contributed by atoms with Crippen LogP contribution in [0.4, 0.5) is 0 Å². The molecule has 0 heterocycles. The first-order chi connectivity index (χ1) is 19.6. The Morgan fingerprint density at radius 1 is 0.725 bits per heavy atom. The minimum absolute atomic E-state index is 0.0366. The first kappa shape index (κ1) is 28.6. The second kappa shape index (κ2) is 15.3. The molecule has 0 radical (unpaired) electrons. The van der Waals surface area contributed by atoms with Crippen LogP contribution in [-0.2, 0) is 24.2 Å². The van der Waals surface area contributed by atoms with Gasteiger partial charge < -0.3 is 15.4 Å². The van der Waals surface area contributed by atoms with Crippen molar-refractivity contribution in [1.82, 2.24) is 10.6 Å². The van der Waals surface area contributed by atoms with E-state index in [0.717, 1.165) is 46.4 Å². The molecule has 0 aliphatic carbocycles. The van der Waals surface area contributed by atoms with Crippen LogP contribution in [-0.4, -0.2) is 25.0 Å². The predicted molar refractivity (Wildman–Crippen MR) is 161 cm³/mol. The molecule has 5 heteroatoms. The number of carbonyl (C=O) groups is 2. The van der Waals surface area contributed by atoms with Crippen molar-refractivity contribution < 1.29 is 14.3 Å². The highest BCUT2D eigenvalue weighted by molar-refractivity contribution is 5.94. The number of hydrogen-bond donors (Lipinski definition) is 2. The molecular weight excluding hydrogens is 496 g/mol. The van der Waals surface area contributed by atoms with Crippen molar-refractivity contribution in [3.63, 3.8) is 0 Å². The van der Waals surface area contributed by atoms with E-state index in [1.54, 1.807) is 6.07 Å². The molecule has 0 aliphatic rings. The van der Waals surface area contributed by atoms with Gasteiger partial charge in [0.15, 0.2) is 0 Å². The monoisotopic (exact) mass is 534 g/mol. The molecule has 2 N–H and O–H groups in total. The Hall–Kier alpha value is -4.38. The zero-order valence-electron chi connectivity index (χ0n) is 23.2. The molecule has 0 unspecified atom stereocenters. The number of ether oxygens (including phenoxy) is 1. The molecule has 0 bridgehead atoms. The molecular formula is C35H38N2O3. The third-order valence-electron chi connectivity index (χ3n) is 6.82. The second-order valence-corrected chi connectivity index (χ2v) is 9.81. The van der Waals surface area contributed by atoms with E-state index < -0.39 is 0 Å². The van der Waals surface area contributed by atoms with Crippen molar-refractivity contribution in [2.24, 2.45) is 0 Å². The average Bonchev–Trinajstić information content (AvgIpc) is 3.00. The Balaban J connectivity index is 1.35. The van der Waals surface area contributed by atoms with Crippen LogP contribution in [0.1, 0.15) is 53.2 Å². The fourth-order valence-electron chi connectivity index (χ4n) is 4.61. The van der Waals surface area contributed by atoms with Gasteiger partial charge in [0.2, 0.25) is 5.91 Å². The first-order valence-corrected chi connectivity index (χ1v) is 14.1. The normalized spacial score (nSPS) is 10.6. The molecule has 4 rings (SSSR count). The van der Waals surface area contributed by atoms with Gasteiger partial charge in [0.25, 0.3) is 5.91 Å². The van der Waals surface area contributed by atoms with E-state index in [9.17, 15) is 9.59 Å². The zero-order valence-corrected chi connectivity index (χ0v) is 23.2. The van der Waals surface area contributed by atoms with Crippen LogP contribution in [0.15, 0.2) is 103 Å². The molecule has 2 amide bonds. The minimum atomic E-state index is -0.111. The SMILES string of the molecule is CCCCOc1cccc(C(=O)NCCc2ccccc2-c2ccccc2CCC(=O)NCc2ccccc2)c1. The molecule has 40 heavy (non-hydrogen) atoms. The molecule has 5 nitrogen and oxygen atoms in total. The number of amides is 2. The highest BCUT2D eigenvalue weighted by Gasteiger charge is 2.12. The van der Waals surface area contributed by atoms with Gasteiger partial charge in [-0.2, -0.15) is 0 Å². The summed E-state index contributed by atoms with van der Waals surface area (Å²) >= 11 is 0. The number of aryl methyl sites for hydroxylation is 1. The van der Waals surface area contributed by atoms with Gasteiger partial charge in [-0.05, 0) is 65.3 Å². The molecule has 4 aromatic rings. The van der Waals surface area contributed by atoms with E-state index in [0.29, 0.717) is 44.5 Å². The van der Waals surface area contributed by atoms with Gasteiger partial charge >= 0.3 is 0 Å². The topological polar surface area (TPSA) is 67.4 Å². The number of unbranched alkanes of at least 4 members (excludes halogenated alkanes) is 1. The van der Waals surface area contributed by atoms with Gasteiger partial charge in [0.1, 0.15) is 5.75 Å². The summed E-state index contributed by atoms with van der Waals surface area (Å²) in [5, 5.41) is 6.08. The summed E-state index contributed by atoms with van der Waals surface area (Å²) < 4.78 is 5.75. The Morgan fingerprint density at radius 3 is 2.12 bits per heavy atom. The predicted octanol–water partition coefficient (Wildman–Crippen LogP) is 6.75. The van der Waals surface area contributed by atoms with E-state index in [-0.39, 0.29) is 11.8 Å². The van der Waals surface area contributed by atoms with Crippen LogP contribution in [0.2, 0.25) is 0 Å². The lowest BCUT2D eigenvalue weighted by Crippen LogP contribution is -2.25. The third kappa shape index (κ3) is 8.57. The van der Waals surface area contributed by atoms with Crippen molar-refractivity contribution in [2.45, 2.75) is 45.6 Å². The highest BCUT2D eigenvalue weighted by Crippen LogP contribution is 2.28. The lowest BCUT2D eigenvalue weighted by molar-refractivity contribution is -0.121. The van der Waals surface area contributed by atoms with Gasteiger partial charge in [-0.25, -0.2) is 0 Å². The van der Waals surface area contributed by atoms with Crippen LogP contribution in [0.3, 0.4) is 0 Å². The summed E-state index contributed by atoms with van der Waals surface area (Å²) in [6.07, 6.45) is 3.82. The Bertz CT molecular complexity index is 1380. The lowest BCUT2D eigenvalue weighted by Gasteiger charge is -2.15. The van der Waals surface area contributed by atoms with Crippen molar-refractivity contribution in [1.29, 1.82) is 0 Å². The summed E-state index contributed by atoms with van der Waals surface area (Å²) in [7, 11) is 0.